The normalized spacial score (nSPS) is 20.3. The van der Waals surface area contributed by atoms with Crippen molar-refractivity contribution in [1.29, 1.82) is 0 Å². The average molecular weight is 277 g/mol. The predicted octanol–water partition coefficient (Wildman–Crippen LogP) is 2.93. The molecule has 0 aromatic heterocycles. The lowest BCUT2D eigenvalue weighted by atomic mass is 9.98. The quantitative estimate of drug-likeness (QED) is 0.868. The lowest BCUT2D eigenvalue weighted by Crippen LogP contribution is -2.36. The van der Waals surface area contributed by atoms with Gasteiger partial charge >= 0.3 is 0 Å². The van der Waals surface area contributed by atoms with Crippen molar-refractivity contribution < 1.29 is 9.84 Å². The first-order valence-electron chi connectivity index (χ1n) is 7.73. The Morgan fingerprint density at radius 3 is 2.90 bits per heavy atom. The number of piperidine rings is 1. The highest BCUT2D eigenvalue weighted by atomic mass is 16.5. The second-order valence-electron chi connectivity index (χ2n) is 6.24. The molecule has 0 spiro atoms. The SMILES string of the molecule is CC(C)COc1ccccc1CN1CCCC(CO)C1. The summed E-state index contributed by atoms with van der Waals surface area (Å²) in [7, 11) is 0. The fourth-order valence-corrected chi connectivity index (χ4v) is 2.72. The van der Waals surface area contributed by atoms with Crippen molar-refractivity contribution in [3.05, 3.63) is 29.8 Å². The zero-order valence-corrected chi connectivity index (χ0v) is 12.7. The standard InChI is InChI=1S/C17H27NO2/c1-14(2)13-20-17-8-4-3-7-16(17)11-18-9-5-6-15(10-18)12-19/h3-4,7-8,14-15,19H,5-6,9-13H2,1-2H3. The Kier molecular flexibility index (Phi) is 5.86. The molecule has 1 heterocycles. The van der Waals surface area contributed by atoms with Crippen molar-refractivity contribution in [1.82, 2.24) is 4.90 Å². The van der Waals surface area contributed by atoms with Gasteiger partial charge in [0.05, 0.1) is 6.61 Å². The summed E-state index contributed by atoms with van der Waals surface area (Å²) < 4.78 is 5.92. The van der Waals surface area contributed by atoms with E-state index in [2.05, 4.69) is 36.9 Å². The second-order valence-corrected chi connectivity index (χ2v) is 6.24. The molecule has 112 valence electrons. The first kappa shape index (κ1) is 15.3. The fraction of sp³-hybridized carbons (Fsp3) is 0.647. The molecule has 2 rings (SSSR count). The number of aliphatic hydroxyl groups is 1. The molecule has 0 bridgehead atoms. The number of aliphatic hydroxyl groups excluding tert-OH is 1. The lowest BCUT2D eigenvalue weighted by molar-refractivity contribution is 0.115. The molecular weight excluding hydrogens is 250 g/mol. The van der Waals surface area contributed by atoms with Crippen molar-refractivity contribution in [2.45, 2.75) is 33.2 Å². The third-order valence-electron chi connectivity index (χ3n) is 3.80. The van der Waals surface area contributed by atoms with Gasteiger partial charge in [-0.3, -0.25) is 4.90 Å². The van der Waals surface area contributed by atoms with E-state index in [0.717, 1.165) is 38.4 Å². The summed E-state index contributed by atoms with van der Waals surface area (Å²) in [4.78, 5) is 2.43. The highest BCUT2D eigenvalue weighted by molar-refractivity contribution is 5.33. The number of para-hydroxylation sites is 1. The molecular formula is C17H27NO2. The van der Waals surface area contributed by atoms with Crippen LogP contribution in [-0.4, -0.2) is 36.3 Å². The van der Waals surface area contributed by atoms with E-state index < -0.39 is 0 Å². The number of hydrogen-bond acceptors (Lipinski definition) is 3. The monoisotopic (exact) mass is 277 g/mol. The van der Waals surface area contributed by atoms with E-state index in [1.807, 2.05) is 6.07 Å². The molecule has 1 aliphatic heterocycles. The number of rotatable bonds is 6. The van der Waals surface area contributed by atoms with Crippen molar-refractivity contribution >= 4 is 0 Å². The number of likely N-dealkylation sites (tertiary alicyclic amines) is 1. The Labute approximate surface area is 122 Å². The highest BCUT2D eigenvalue weighted by Gasteiger charge is 2.20. The molecule has 0 amide bonds. The molecule has 1 fully saturated rings. The minimum Gasteiger partial charge on any atom is -0.493 e. The Morgan fingerprint density at radius 1 is 1.35 bits per heavy atom. The largest absolute Gasteiger partial charge is 0.493 e. The van der Waals surface area contributed by atoms with Crippen LogP contribution in [0.3, 0.4) is 0 Å². The molecule has 3 nitrogen and oxygen atoms in total. The van der Waals surface area contributed by atoms with Gasteiger partial charge in [-0.1, -0.05) is 32.0 Å². The van der Waals surface area contributed by atoms with Crippen molar-refractivity contribution in [3.63, 3.8) is 0 Å². The predicted molar refractivity (Wildman–Crippen MR) is 81.9 cm³/mol. The maximum atomic E-state index is 9.32. The first-order valence-corrected chi connectivity index (χ1v) is 7.73. The van der Waals surface area contributed by atoms with Gasteiger partial charge in [0.15, 0.2) is 0 Å². The molecule has 0 aliphatic carbocycles. The maximum absolute atomic E-state index is 9.32. The number of ether oxygens (including phenoxy) is 1. The number of benzene rings is 1. The summed E-state index contributed by atoms with van der Waals surface area (Å²) >= 11 is 0. The minimum absolute atomic E-state index is 0.308. The van der Waals surface area contributed by atoms with Crippen molar-refractivity contribution in [3.8, 4) is 5.75 Å². The molecule has 3 heteroatoms. The zero-order valence-electron chi connectivity index (χ0n) is 12.7. The van der Waals surface area contributed by atoms with Crippen LogP contribution in [0.25, 0.3) is 0 Å². The summed E-state index contributed by atoms with van der Waals surface area (Å²) in [5, 5.41) is 9.32. The summed E-state index contributed by atoms with van der Waals surface area (Å²) in [5.74, 6) is 1.98. The third-order valence-corrected chi connectivity index (χ3v) is 3.80. The summed E-state index contributed by atoms with van der Waals surface area (Å²) in [6.07, 6.45) is 2.33. The summed E-state index contributed by atoms with van der Waals surface area (Å²) in [6.45, 7) is 8.44. The van der Waals surface area contributed by atoms with Crippen LogP contribution in [0.2, 0.25) is 0 Å². The van der Waals surface area contributed by atoms with E-state index in [4.69, 9.17) is 4.74 Å². The summed E-state index contributed by atoms with van der Waals surface area (Å²) in [6, 6.07) is 8.32. The van der Waals surface area contributed by atoms with Crippen LogP contribution >= 0.6 is 0 Å². The molecule has 1 unspecified atom stereocenters. The van der Waals surface area contributed by atoms with Gasteiger partial charge in [-0.2, -0.15) is 0 Å². The van der Waals surface area contributed by atoms with Gasteiger partial charge in [0.1, 0.15) is 5.75 Å². The van der Waals surface area contributed by atoms with Gasteiger partial charge in [-0.15, -0.1) is 0 Å². The topological polar surface area (TPSA) is 32.7 Å². The van der Waals surface area contributed by atoms with Crippen LogP contribution in [0.15, 0.2) is 24.3 Å². The van der Waals surface area contributed by atoms with Crippen LogP contribution in [0.5, 0.6) is 5.75 Å². The highest BCUT2D eigenvalue weighted by Crippen LogP contribution is 2.23. The smallest absolute Gasteiger partial charge is 0.123 e. The Hall–Kier alpha value is -1.06. The van der Waals surface area contributed by atoms with E-state index in [1.165, 1.54) is 12.0 Å². The average Bonchev–Trinajstić information content (AvgIpc) is 2.46. The lowest BCUT2D eigenvalue weighted by Gasteiger charge is -2.32. The molecule has 0 saturated carbocycles. The fourth-order valence-electron chi connectivity index (χ4n) is 2.72. The first-order chi connectivity index (χ1) is 9.69. The third kappa shape index (κ3) is 4.50. The summed E-state index contributed by atoms with van der Waals surface area (Å²) in [5.41, 5.74) is 1.26. The molecule has 1 aromatic rings. The van der Waals surface area contributed by atoms with Crippen LogP contribution in [0.1, 0.15) is 32.3 Å². The van der Waals surface area contributed by atoms with Crippen LogP contribution in [0, 0.1) is 11.8 Å². The van der Waals surface area contributed by atoms with Crippen LogP contribution < -0.4 is 4.74 Å². The van der Waals surface area contributed by atoms with E-state index in [1.54, 1.807) is 0 Å². The van der Waals surface area contributed by atoms with Gasteiger partial charge in [0.2, 0.25) is 0 Å². The van der Waals surface area contributed by atoms with E-state index in [-0.39, 0.29) is 0 Å². The van der Waals surface area contributed by atoms with Crippen LogP contribution in [0.4, 0.5) is 0 Å². The Morgan fingerprint density at radius 2 is 2.15 bits per heavy atom. The van der Waals surface area contributed by atoms with Gasteiger partial charge in [-0.05, 0) is 37.3 Å². The van der Waals surface area contributed by atoms with E-state index in [9.17, 15) is 5.11 Å². The maximum Gasteiger partial charge on any atom is 0.123 e. The second kappa shape index (κ2) is 7.65. The van der Waals surface area contributed by atoms with Gasteiger partial charge in [0.25, 0.3) is 0 Å². The molecule has 1 aromatic carbocycles. The molecule has 1 N–H and O–H groups in total. The van der Waals surface area contributed by atoms with E-state index in [0.29, 0.717) is 18.4 Å². The molecule has 0 radical (unpaired) electrons. The van der Waals surface area contributed by atoms with Crippen molar-refractivity contribution in [2.75, 3.05) is 26.3 Å². The van der Waals surface area contributed by atoms with Gasteiger partial charge in [-0.25, -0.2) is 0 Å². The van der Waals surface area contributed by atoms with Gasteiger partial charge < -0.3 is 9.84 Å². The van der Waals surface area contributed by atoms with Gasteiger partial charge in [0, 0.05) is 25.3 Å². The number of hydrogen-bond donors (Lipinski definition) is 1. The van der Waals surface area contributed by atoms with Crippen molar-refractivity contribution in [2.24, 2.45) is 11.8 Å². The Bertz CT molecular complexity index is 406. The Balaban J connectivity index is 1.97. The molecule has 1 saturated heterocycles. The van der Waals surface area contributed by atoms with E-state index >= 15 is 0 Å². The van der Waals surface area contributed by atoms with Crippen LogP contribution in [-0.2, 0) is 6.54 Å². The number of nitrogens with zero attached hydrogens (tertiary/aromatic N) is 1. The molecule has 1 atom stereocenters. The molecule has 20 heavy (non-hydrogen) atoms. The minimum atomic E-state index is 0.308. The molecule has 1 aliphatic rings. The zero-order chi connectivity index (χ0) is 14.4.